The molecule has 0 saturated heterocycles. The molecule has 1 aromatic carbocycles. The highest BCUT2D eigenvalue weighted by Crippen LogP contribution is 2.21. The van der Waals surface area contributed by atoms with E-state index in [4.69, 9.17) is 0 Å². The number of pyridine rings is 2. The van der Waals surface area contributed by atoms with Crippen molar-refractivity contribution < 1.29 is 4.79 Å². The molecule has 1 N–H and O–H groups in total. The third-order valence-electron chi connectivity index (χ3n) is 4.15. The zero-order chi connectivity index (χ0) is 17.6. The zero-order valence-corrected chi connectivity index (χ0v) is 14.6. The summed E-state index contributed by atoms with van der Waals surface area (Å²) >= 11 is 0. The maximum Gasteiger partial charge on any atom is 0.274 e. The molecule has 0 atom stereocenters. The van der Waals surface area contributed by atoms with Crippen LogP contribution in [0.5, 0.6) is 0 Å². The van der Waals surface area contributed by atoms with Crippen LogP contribution < -0.4 is 10.2 Å². The van der Waals surface area contributed by atoms with Gasteiger partial charge in [0, 0.05) is 25.2 Å². The van der Waals surface area contributed by atoms with Crippen LogP contribution in [0.3, 0.4) is 0 Å². The number of nitrogens with zero attached hydrogens (tertiary/aromatic N) is 3. The van der Waals surface area contributed by atoms with Gasteiger partial charge in [-0.25, -0.2) is 4.98 Å². The van der Waals surface area contributed by atoms with Gasteiger partial charge >= 0.3 is 0 Å². The molecule has 0 unspecified atom stereocenters. The van der Waals surface area contributed by atoms with E-state index in [0.717, 1.165) is 36.0 Å². The predicted molar refractivity (Wildman–Crippen MR) is 102 cm³/mol. The van der Waals surface area contributed by atoms with Crippen LogP contribution in [0.1, 0.15) is 30.3 Å². The summed E-state index contributed by atoms with van der Waals surface area (Å²) in [4.78, 5) is 23.3. The summed E-state index contributed by atoms with van der Waals surface area (Å²) in [5.74, 6) is -0.235. The van der Waals surface area contributed by atoms with Crippen molar-refractivity contribution in [1.29, 1.82) is 0 Å². The van der Waals surface area contributed by atoms with Crippen LogP contribution in [-0.4, -0.2) is 29.5 Å². The van der Waals surface area contributed by atoms with Crippen molar-refractivity contribution >= 4 is 28.2 Å². The highest BCUT2D eigenvalue weighted by atomic mass is 16.1. The number of rotatable bonds is 6. The van der Waals surface area contributed by atoms with Crippen molar-refractivity contribution in [3.8, 4) is 0 Å². The van der Waals surface area contributed by atoms with Crippen molar-refractivity contribution in [2.45, 2.75) is 19.8 Å². The van der Waals surface area contributed by atoms with Gasteiger partial charge in [-0.2, -0.15) is 0 Å². The van der Waals surface area contributed by atoms with Crippen molar-refractivity contribution in [3.63, 3.8) is 0 Å². The summed E-state index contributed by atoms with van der Waals surface area (Å²) < 4.78 is 0. The quantitative estimate of drug-likeness (QED) is 0.737. The number of benzene rings is 1. The van der Waals surface area contributed by atoms with Gasteiger partial charge in [0.05, 0.1) is 23.1 Å². The lowest BCUT2D eigenvalue weighted by Crippen LogP contribution is -2.19. The fraction of sp³-hybridized carbons (Fsp3) is 0.250. The first kappa shape index (κ1) is 16.9. The molecule has 0 aliphatic carbocycles. The molecule has 2 aromatic heterocycles. The largest absolute Gasteiger partial charge is 0.373 e. The van der Waals surface area contributed by atoms with Crippen molar-refractivity contribution in [1.82, 2.24) is 9.97 Å². The number of carbonyl (C=O) groups excluding carboxylic acids is 1. The van der Waals surface area contributed by atoms with Gasteiger partial charge in [0.15, 0.2) is 0 Å². The third-order valence-corrected chi connectivity index (χ3v) is 4.15. The first-order valence-electron chi connectivity index (χ1n) is 8.51. The van der Waals surface area contributed by atoms with Crippen LogP contribution in [-0.2, 0) is 0 Å². The first-order chi connectivity index (χ1) is 12.2. The van der Waals surface area contributed by atoms with Crippen LogP contribution in [0, 0.1) is 0 Å². The molecule has 0 saturated carbocycles. The summed E-state index contributed by atoms with van der Waals surface area (Å²) in [5.41, 5.74) is 2.86. The molecule has 0 fully saturated rings. The number of nitrogens with one attached hydrogen (secondary N) is 1. The Morgan fingerprint density at radius 2 is 1.96 bits per heavy atom. The van der Waals surface area contributed by atoms with Crippen molar-refractivity contribution in [3.05, 3.63) is 60.6 Å². The summed E-state index contributed by atoms with van der Waals surface area (Å²) in [6.45, 7) is 3.15. The van der Waals surface area contributed by atoms with Gasteiger partial charge in [0.2, 0.25) is 0 Å². The molecular weight excluding hydrogens is 312 g/mol. The molecule has 5 nitrogen and oxygen atoms in total. The highest BCUT2D eigenvalue weighted by molar-refractivity contribution is 6.07. The number of amides is 1. The fourth-order valence-electron chi connectivity index (χ4n) is 2.66. The molecule has 0 aliphatic rings. The van der Waals surface area contributed by atoms with E-state index >= 15 is 0 Å². The van der Waals surface area contributed by atoms with Gasteiger partial charge < -0.3 is 10.2 Å². The maximum absolute atomic E-state index is 12.5. The monoisotopic (exact) mass is 334 g/mol. The topological polar surface area (TPSA) is 58.1 Å². The van der Waals surface area contributed by atoms with E-state index in [1.54, 1.807) is 18.5 Å². The van der Waals surface area contributed by atoms with E-state index in [9.17, 15) is 4.79 Å². The second-order valence-corrected chi connectivity index (χ2v) is 6.01. The highest BCUT2D eigenvalue weighted by Gasteiger charge is 2.11. The van der Waals surface area contributed by atoms with Gasteiger partial charge in [-0.1, -0.05) is 31.5 Å². The van der Waals surface area contributed by atoms with Gasteiger partial charge in [-0.05, 0) is 30.7 Å². The van der Waals surface area contributed by atoms with Gasteiger partial charge in [-0.3, -0.25) is 9.78 Å². The summed E-state index contributed by atoms with van der Waals surface area (Å²) in [6, 6.07) is 13.3. The van der Waals surface area contributed by atoms with E-state index in [2.05, 4.69) is 27.1 Å². The van der Waals surface area contributed by atoms with Gasteiger partial charge in [0.25, 0.3) is 5.91 Å². The number of aromatic nitrogens is 2. The summed E-state index contributed by atoms with van der Waals surface area (Å²) in [5, 5.41) is 3.89. The number of hydrogen-bond donors (Lipinski definition) is 1. The molecule has 0 spiro atoms. The third kappa shape index (κ3) is 3.94. The lowest BCUT2D eigenvalue weighted by atomic mass is 10.2. The number of fused-ring (bicyclic) bond motifs is 1. The fourth-order valence-corrected chi connectivity index (χ4v) is 2.66. The molecule has 5 heteroatoms. The van der Waals surface area contributed by atoms with E-state index in [0.29, 0.717) is 11.4 Å². The number of anilines is 2. The van der Waals surface area contributed by atoms with Crippen LogP contribution in [0.15, 0.2) is 54.9 Å². The number of hydrogen-bond acceptors (Lipinski definition) is 4. The van der Waals surface area contributed by atoms with Crippen LogP contribution in [0.25, 0.3) is 10.9 Å². The SMILES string of the molecule is CCCCN(C)c1ccc(C(=O)Nc2cccc3cccnc23)nc1. The minimum absolute atomic E-state index is 0.235. The minimum atomic E-state index is -0.235. The Balaban J connectivity index is 1.75. The van der Waals surface area contributed by atoms with E-state index in [1.807, 2.05) is 43.4 Å². The van der Waals surface area contributed by atoms with Crippen molar-refractivity contribution in [2.75, 3.05) is 23.8 Å². The second kappa shape index (κ2) is 7.75. The second-order valence-electron chi connectivity index (χ2n) is 6.01. The average molecular weight is 334 g/mol. The van der Waals surface area contributed by atoms with E-state index in [-0.39, 0.29) is 5.91 Å². The molecule has 0 radical (unpaired) electrons. The first-order valence-corrected chi connectivity index (χ1v) is 8.51. The molecule has 2 heterocycles. The summed E-state index contributed by atoms with van der Waals surface area (Å²) in [6.07, 6.45) is 5.74. The number of carbonyl (C=O) groups is 1. The van der Waals surface area contributed by atoms with Gasteiger partial charge in [-0.15, -0.1) is 0 Å². The average Bonchev–Trinajstić information content (AvgIpc) is 2.66. The Labute approximate surface area is 147 Å². The van der Waals surface area contributed by atoms with Gasteiger partial charge in [0.1, 0.15) is 5.69 Å². The molecule has 0 bridgehead atoms. The molecule has 128 valence electrons. The Hall–Kier alpha value is -2.95. The zero-order valence-electron chi connectivity index (χ0n) is 14.6. The lowest BCUT2D eigenvalue weighted by Gasteiger charge is -2.18. The van der Waals surface area contributed by atoms with Crippen LogP contribution in [0.2, 0.25) is 0 Å². The molecule has 0 aliphatic heterocycles. The minimum Gasteiger partial charge on any atom is -0.373 e. The molecule has 3 rings (SSSR count). The van der Waals surface area contributed by atoms with Crippen LogP contribution >= 0.6 is 0 Å². The normalized spacial score (nSPS) is 10.6. The molecule has 3 aromatic rings. The Bertz CT molecular complexity index is 856. The maximum atomic E-state index is 12.5. The van der Waals surface area contributed by atoms with Crippen LogP contribution in [0.4, 0.5) is 11.4 Å². The van der Waals surface area contributed by atoms with Crippen molar-refractivity contribution in [2.24, 2.45) is 0 Å². The Morgan fingerprint density at radius 3 is 2.72 bits per heavy atom. The smallest absolute Gasteiger partial charge is 0.274 e. The standard InChI is InChI=1S/C20H22N4O/c1-3-4-13-24(2)16-10-11-18(22-14-16)20(25)23-17-9-5-7-15-8-6-12-21-19(15)17/h5-12,14H,3-4,13H2,1-2H3,(H,23,25). The van der Waals surface area contributed by atoms with E-state index in [1.165, 1.54) is 0 Å². The predicted octanol–water partition coefficient (Wildman–Crippen LogP) is 4.12. The number of unbranched alkanes of at least 4 members (excludes halogenated alkanes) is 1. The Kier molecular flexibility index (Phi) is 5.23. The molecule has 1 amide bonds. The molecular formula is C20H22N4O. The number of para-hydroxylation sites is 1. The lowest BCUT2D eigenvalue weighted by molar-refractivity contribution is 0.102. The molecule has 25 heavy (non-hydrogen) atoms. The Morgan fingerprint density at radius 1 is 1.12 bits per heavy atom. The van der Waals surface area contributed by atoms with E-state index < -0.39 is 0 Å². The summed E-state index contributed by atoms with van der Waals surface area (Å²) in [7, 11) is 2.04.